The molecule has 0 atom stereocenters. The standard InChI is InChI=1S/C24H31ClN2O4S/c1-19-21(25)10-6-11-22(19)27(32(2,29)30)15-7-12-23(28)26-18-24(13-16-31-17-14-24)20-8-4-3-5-9-20/h3-6,8-11H,7,12-18H2,1-2H3,(H,26,28). The van der Waals surface area contributed by atoms with Crippen LogP contribution in [0.15, 0.2) is 48.5 Å². The van der Waals surface area contributed by atoms with Crippen molar-refractivity contribution in [1.29, 1.82) is 0 Å². The molecule has 0 aromatic heterocycles. The van der Waals surface area contributed by atoms with E-state index in [4.69, 9.17) is 16.3 Å². The first-order valence-corrected chi connectivity index (χ1v) is 13.1. The number of carbonyl (C=O) groups excluding carboxylic acids is 1. The van der Waals surface area contributed by atoms with Gasteiger partial charge in [-0.05, 0) is 49.4 Å². The fraction of sp³-hybridized carbons (Fsp3) is 0.458. The predicted molar refractivity (Wildman–Crippen MR) is 129 cm³/mol. The number of benzene rings is 2. The van der Waals surface area contributed by atoms with Gasteiger partial charge in [0.1, 0.15) is 0 Å². The Bertz CT molecular complexity index is 1020. The van der Waals surface area contributed by atoms with E-state index in [1.165, 1.54) is 16.1 Å². The molecule has 8 heteroatoms. The number of rotatable bonds is 9. The Morgan fingerprint density at radius 1 is 1.12 bits per heavy atom. The lowest BCUT2D eigenvalue weighted by Crippen LogP contribution is -2.44. The number of halogens is 1. The van der Waals surface area contributed by atoms with Crippen LogP contribution in [0.4, 0.5) is 5.69 Å². The highest BCUT2D eigenvalue weighted by atomic mass is 35.5. The van der Waals surface area contributed by atoms with Crippen molar-refractivity contribution in [3.05, 3.63) is 64.7 Å². The Kier molecular flexibility index (Phi) is 8.20. The molecule has 0 aliphatic carbocycles. The van der Waals surface area contributed by atoms with Gasteiger partial charge in [0, 0.05) is 43.2 Å². The van der Waals surface area contributed by atoms with Crippen molar-refractivity contribution in [1.82, 2.24) is 5.32 Å². The molecular weight excluding hydrogens is 448 g/mol. The van der Waals surface area contributed by atoms with E-state index in [1.807, 2.05) is 18.2 Å². The Hall–Kier alpha value is -2.09. The molecule has 3 rings (SSSR count). The molecule has 0 saturated carbocycles. The van der Waals surface area contributed by atoms with Crippen molar-refractivity contribution in [2.45, 2.75) is 38.0 Å². The van der Waals surface area contributed by atoms with Gasteiger partial charge in [-0.1, -0.05) is 48.0 Å². The van der Waals surface area contributed by atoms with E-state index in [0.717, 1.165) is 12.8 Å². The van der Waals surface area contributed by atoms with Gasteiger partial charge in [-0.3, -0.25) is 9.10 Å². The number of sulfonamides is 1. The van der Waals surface area contributed by atoms with Crippen LogP contribution in [0.3, 0.4) is 0 Å². The molecule has 1 heterocycles. The maximum atomic E-state index is 12.6. The van der Waals surface area contributed by atoms with Crippen molar-refractivity contribution < 1.29 is 17.9 Å². The minimum atomic E-state index is -3.50. The molecule has 0 radical (unpaired) electrons. The third-order valence-corrected chi connectivity index (χ3v) is 7.72. The van der Waals surface area contributed by atoms with Crippen molar-refractivity contribution in [2.75, 3.05) is 36.9 Å². The van der Waals surface area contributed by atoms with Crippen LogP contribution in [-0.4, -0.2) is 46.9 Å². The largest absolute Gasteiger partial charge is 0.381 e. The van der Waals surface area contributed by atoms with Gasteiger partial charge in [0.15, 0.2) is 0 Å². The molecular formula is C24H31ClN2O4S. The Balaban J connectivity index is 1.60. The molecule has 174 valence electrons. The van der Waals surface area contributed by atoms with Crippen LogP contribution in [-0.2, 0) is 25.0 Å². The van der Waals surface area contributed by atoms with Crippen LogP contribution in [0.2, 0.25) is 5.02 Å². The number of hydrogen-bond donors (Lipinski definition) is 1. The topological polar surface area (TPSA) is 75.7 Å². The number of anilines is 1. The third-order valence-electron chi connectivity index (χ3n) is 6.13. The van der Waals surface area contributed by atoms with Crippen molar-refractivity contribution in [2.24, 2.45) is 0 Å². The van der Waals surface area contributed by atoms with Crippen LogP contribution >= 0.6 is 11.6 Å². The second-order valence-electron chi connectivity index (χ2n) is 8.36. The lowest BCUT2D eigenvalue weighted by Gasteiger charge is -2.38. The zero-order valence-electron chi connectivity index (χ0n) is 18.6. The maximum Gasteiger partial charge on any atom is 0.232 e. The Labute approximate surface area is 196 Å². The van der Waals surface area contributed by atoms with E-state index in [0.29, 0.717) is 42.5 Å². The number of carbonyl (C=O) groups is 1. The summed E-state index contributed by atoms with van der Waals surface area (Å²) in [6.07, 6.45) is 3.53. The molecule has 1 N–H and O–H groups in total. The van der Waals surface area contributed by atoms with Gasteiger partial charge in [-0.2, -0.15) is 0 Å². The fourth-order valence-corrected chi connectivity index (χ4v) is 5.38. The monoisotopic (exact) mass is 478 g/mol. The lowest BCUT2D eigenvalue weighted by molar-refractivity contribution is -0.121. The van der Waals surface area contributed by atoms with Crippen molar-refractivity contribution >= 4 is 33.2 Å². The first-order valence-electron chi connectivity index (χ1n) is 10.9. The van der Waals surface area contributed by atoms with E-state index >= 15 is 0 Å². The molecule has 1 amide bonds. The van der Waals surface area contributed by atoms with Gasteiger partial charge in [-0.15, -0.1) is 0 Å². The Morgan fingerprint density at radius 3 is 2.47 bits per heavy atom. The highest BCUT2D eigenvalue weighted by Crippen LogP contribution is 2.34. The quantitative estimate of drug-likeness (QED) is 0.589. The lowest BCUT2D eigenvalue weighted by atomic mass is 9.74. The van der Waals surface area contributed by atoms with Crippen LogP contribution in [0.5, 0.6) is 0 Å². The summed E-state index contributed by atoms with van der Waals surface area (Å²) in [4.78, 5) is 12.6. The van der Waals surface area contributed by atoms with Crippen LogP contribution in [0.25, 0.3) is 0 Å². The van der Waals surface area contributed by atoms with E-state index in [-0.39, 0.29) is 24.3 Å². The minimum Gasteiger partial charge on any atom is -0.381 e. The van der Waals surface area contributed by atoms with E-state index < -0.39 is 10.0 Å². The zero-order valence-corrected chi connectivity index (χ0v) is 20.2. The van der Waals surface area contributed by atoms with E-state index in [1.54, 1.807) is 25.1 Å². The fourth-order valence-electron chi connectivity index (χ4n) is 4.19. The second kappa shape index (κ2) is 10.7. The smallest absolute Gasteiger partial charge is 0.232 e. The van der Waals surface area contributed by atoms with Gasteiger partial charge in [0.25, 0.3) is 0 Å². The van der Waals surface area contributed by atoms with Gasteiger partial charge in [0.2, 0.25) is 15.9 Å². The average Bonchev–Trinajstić information content (AvgIpc) is 2.78. The van der Waals surface area contributed by atoms with Gasteiger partial charge < -0.3 is 10.1 Å². The SMILES string of the molecule is Cc1c(Cl)cccc1N(CCCC(=O)NCC1(c2ccccc2)CCOCC1)S(C)(=O)=O. The van der Waals surface area contributed by atoms with Gasteiger partial charge in [0.05, 0.1) is 11.9 Å². The normalized spacial score (nSPS) is 15.8. The average molecular weight is 479 g/mol. The molecule has 0 spiro atoms. The maximum absolute atomic E-state index is 12.6. The molecule has 6 nitrogen and oxygen atoms in total. The first kappa shape index (κ1) is 24.6. The first-order chi connectivity index (χ1) is 15.2. The number of ether oxygens (including phenoxy) is 1. The molecule has 1 fully saturated rings. The van der Waals surface area contributed by atoms with Gasteiger partial charge >= 0.3 is 0 Å². The highest BCUT2D eigenvalue weighted by Gasteiger charge is 2.34. The minimum absolute atomic E-state index is 0.0805. The molecule has 0 bridgehead atoms. The number of amides is 1. The summed E-state index contributed by atoms with van der Waals surface area (Å²) < 4.78 is 31.6. The molecule has 1 saturated heterocycles. The zero-order chi connectivity index (χ0) is 23.2. The number of hydrogen-bond acceptors (Lipinski definition) is 4. The highest BCUT2D eigenvalue weighted by molar-refractivity contribution is 7.92. The molecule has 0 unspecified atom stereocenters. The molecule has 32 heavy (non-hydrogen) atoms. The summed E-state index contributed by atoms with van der Waals surface area (Å²) in [6.45, 7) is 3.90. The molecule has 2 aromatic carbocycles. The Morgan fingerprint density at radius 2 is 1.81 bits per heavy atom. The predicted octanol–water partition coefficient (Wildman–Crippen LogP) is 4.06. The summed E-state index contributed by atoms with van der Waals surface area (Å²) in [7, 11) is -3.50. The number of nitrogens with zero attached hydrogens (tertiary/aromatic N) is 1. The summed E-state index contributed by atoms with van der Waals surface area (Å²) in [6, 6.07) is 15.4. The molecule has 1 aliphatic heterocycles. The van der Waals surface area contributed by atoms with E-state index in [9.17, 15) is 13.2 Å². The second-order valence-corrected chi connectivity index (χ2v) is 10.7. The van der Waals surface area contributed by atoms with Crippen LogP contribution in [0.1, 0.15) is 36.8 Å². The summed E-state index contributed by atoms with van der Waals surface area (Å²) in [5.74, 6) is -0.0805. The number of nitrogens with one attached hydrogen (secondary N) is 1. The van der Waals surface area contributed by atoms with Crippen molar-refractivity contribution in [3.63, 3.8) is 0 Å². The van der Waals surface area contributed by atoms with Gasteiger partial charge in [-0.25, -0.2) is 8.42 Å². The molecule has 1 aliphatic rings. The summed E-state index contributed by atoms with van der Waals surface area (Å²) in [5, 5.41) is 3.59. The summed E-state index contributed by atoms with van der Waals surface area (Å²) in [5.41, 5.74) is 2.33. The van der Waals surface area contributed by atoms with Crippen LogP contribution < -0.4 is 9.62 Å². The molecule has 2 aromatic rings. The van der Waals surface area contributed by atoms with Crippen molar-refractivity contribution in [3.8, 4) is 0 Å². The third kappa shape index (κ3) is 6.03. The summed E-state index contributed by atoms with van der Waals surface area (Å²) >= 11 is 6.18. The van der Waals surface area contributed by atoms with E-state index in [2.05, 4.69) is 17.4 Å². The van der Waals surface area contributed by atoms with Crippen LogP contribution in [0, 0.1) is 6.92 Å².